The van der Waals surface area contributed by atoms with E-state index < -0.39 is 9.84 Å². The summed E-state index contributed by atoms with van der Waals surface area (Å²) in [4.78, 5) is 14.4. The van der Waals surface area contributed by atoms with Crippen molar-refractivity contribution >= 4 is 15.7 Å². The first-order chi connectivity index (χ1) is 9.88. The maximum Gasteiger partial charge on any atom is 0.225 e. The second-order valence-corrected chi connectivity index (χ2v) is 9.34. The zero-order valence-corrected chi connectivity index (χ0v) is 14.2. The topological polar surface area (TPSA) is 54.5 Å². The van der Waals surface area contributed by atoms with Gasteiger partial charge in [0.15, 0.2) is 9.84 Å². The number of likely N-dealkylation sites (tertiary alicyclic amines) is 1. The molecule has 5 heteroatoms. The fraction of sp³-hybridized carbons (Fsp3) is 0.938. The third-order valence-corrected chi connectivity index (χ3v) is 6.72. The molecule has 0 aromatic carbocycles. The second kappa shape index (κ2) is 7.12. The van der Waals surface area contributed by atoms with E-state index in [1.165, 1.54) is 38.4 Å². The Hall–Kier alpha value is -0.580. The minimum atomic E-state index is -3.04. The largest absolute Gasteiger partial charge is 0.341 e. The molecule has 1 saturated carbocycles. The first kappa shape index (κ1) is 16.8. The molecule has 1 aliphatic carbocycles. The van der Waals surface area contributed by atoms with E-state index in [1.807, 2.05) is 6.92 Å². The fourth-order valence-electron chi connectivity index (χ4n) is 3.82. The van der Waals surface area contributed by atoms with E-state index in [2.05, 4.69) is 0 Å². The molecule has 1 saturated heterocycles. The van der Waals surface area contributed by atoms with Crippen LogP contribution in [0.25, 0.3) is 0 Å². The van der Waals surface area contributed by atoms with E-state index in [0.29, 0.717) is 18.9 Å². The number of piperidine rings is 1. The van der Waals surface area contributed by atoms with Gasteiger partial charge in [-0.1, -0.05) is 39.0 Å². The highest BCUT2D eigenvalue weighted by atomic mass is 32.2. The predicted octanol–water partition coefficient (Wildman–Crippen LogP) is 2.63. The van der Waals surface area contributed by atoms with E-state index in [1.54, 1.807) is 4.90 Å². The van der Waals surface area contributed by atoms with Crippen molar-refractivity contribution < 1.29 is 13.2 Å². The van der Waals surface area contributed by atoms with Gasteiger partial charge in [-0.15, -0.1) is 0 Å². The van der Waals surface area contributed by atoms with Gasteiger partial charge in [0.1, 0.15) is 0 Å². The summed E-state index contributed by atoms with van der Waals surface area (Å²) in [5.74, 6) is 0.883. The summed E-state index contributed by atoms with van der Waals surface area (Å²) in [7, 11) is -3.04. The molecule has 1 amide bonds. The Morgan fingerprint density at radius 3 is 2.43 bits per heavy atom. The third kappa shape index (κ3) is 4.70. The molecule has 2 unspecified atom stereocenters. The number of carbonyl (C=O) groups excluding carboxylic acids is 1. The molecular formula is C16H29NO3S. The molecule has 0 bridgehead atoms. The first-order valence-corrected chi connectivity index (χ1v) is 10.3. The highest BCUT2D eigenvalue weighted by Crippen LogP contribution is 2.30. The summed E-state index contributed by atoms with van der Waals surface area (Å²) in [6.45, 7) is 3.13. The monoisotopic (exact) mass is 315 g/mol. The molecule has 0 aromatic heterocycles. The SMILES string of the molecule is CC(CC1CCCCC1)C(=O)N1CCCC(S(C)(=O)=O)C1. The van der Waals surface area contributed by atoms with Crippen LogP contribution in [0.15, 0.2) is 0 Å². The molecule has 0 spiro atoms. The summed E-state index contributed by atoms with van der Waals surface area (Å²) < 4.78 is 23.4. The van der Waals surface area contributed by atoms with Gasteiger partial charge in [-0.25, -0.2) is 8.42 Å². The van der Waals surface area contributed by atoms with Gasteiger partial charge >= 0.3 is 0 Å². The highest BCUT2D eigenvalue weighted by Gasteiger charge is 2.32. The summed E-state index contributed by atoms with van der Waals surface area (Å²) >= 11 is 0. The van der Waals surface area contributed by atoms with Gasteiger partial charge in [-0.2, -0.15) is 0 Å². The highest BCUT2D eigenvalue weighted by molar-refractivity contribution is 7.91. The number of sulfone groups is 1. The van der Waals surface area contributed by atoms with E-state index in [9.17, 15) is 13.2 Å². The maximum atomic E-state index is 12.6. The molecule has 0 radical (unpaired) electrons. The summed E-state index contributed by atoms with van der Waals surface area (Å²) in [5.41, 5.74) is 0. The molecule has 0 N–H and O–H groups in total. The van der Waals surface area contributed by atoms with Crippen molar-refractivity contribution in [2.75, 3.05) is 19.3 Å². The Kier molecular flexibility index (Phi) is 5.69. The Morgan fingerprint density at radius 1 is 1.14 bits per heavy atom. The van der Waals surface area contributed by atoms with Gasteiger partial charge in [0.05, 0.1) is 5.25 Å². The number of nitrogens with zero attached hydrogens (tertiary/aromatic N) is 1. The number of hydrogen-bond acceptors (Lipinski definition) is 3. The molecule has 21 heavy (non-hydrogen) atoms. The van der Waals surface area contributed by atoms with Gasteiger partial charge in [-0.3, -0.25) is 4.79 Å². The Bertz CT molecular complexity index is 454. The summed E-state index contributed by atoms with van der Waals surface area (Å²) in [6, 6.07) is 0. The number of carbonyl (C=O) groups is 1. The normalized spacial score (nSPS) is 26.6. The van der Waals surface area contributed by atoms with Crippen LogP contribution in [0, 0.1) is 11.8 Å². The van der Waals surface area contributed by atoms with Gasteiger partial charge in [0.25, 0.3) is 0 Å². The number of rotatable bonds is 4. The molecule has 1 heterocycles. The van der Waals surface area contributed by atoms with Gasteiger partial charge in [-0.05, 0) is 25.2 Å². The molecular weight excluding hydrogens is 286 g/mol. The fourth-order valence-corrected chi connectivity index (χ4v) is 4.87. The van der Waals surface area contributed by atoms with Crippen LogP contribution >= 0.6 is 0 Å². The lowest BCUT2D eigenvalue weighted by molar-refractivity contribution is -0.136. The van der Waals surface area contributed by atoms with Crippen molar-refractivity contribution in [1.29, 1.82) is 0 Å². The van der Waals surface area contributed by atoms with E-state index in [0.717, 1.165) is 19.4 Å². The lowest BCUT2D eigenvalue weighted by atomic mass is 9.83. The zero-order chi connectivity index (χ0) is 15.5. The number of amides is 1. The molecule has 1 aliphatic heterocycles. The Labute approximate surface area is 129 Å². The molecule has 2 aliphatic rings. The maximum absolute atomic E-state index is 12.6. The van der Waals surface area contributed by atoms with Gasteiger partial charge < -0.3 is 4.90 Å². The van der Waals surface area contributed by atoms with Crippen molar-refractivity contribution in [2.45, 2.75) is 63.5 Å². The molecule has 2 rings (SSSR count). The molecule has 0 aromatic rings. The standard InChI is InChI=1S/C16H29NO3S/c1-13(11-14-7-4-3-5-8-14)16(18)17-10-6-9-15(12-17)21(2,19)20/h13-15H,3-12H2,1-2H3. The van der Waals surface area contributed by atoms with Crippen LogP contribution in [0.5, 0.6) is 0 Å². The minimum absolute atomic E-state index is 0.0337. The lowest BCUT2D eigenvalue weighted by Gasteiger charge is -2.34. The summed E-state index contributed by atoms with van der Waals surface area (Å²) in [5, 5.41) is -0.364. The third-order valence-electron chi connectivity index (χ3n) is 5.13. The predicted molar refractivity (Wildman–Crippen MR) is 84.8 cm³/mol. The van der Waals surface area contributed by atoms with E-state index >= 15 is 0 Å². The van der Waals surface area contributed by atoms with Gasteiger partial charge in [0.2, 0.25) is 5.91 Å². The van der Waals surface area contributed by atoms with Crippen molar-refractivity contribution in [3.05, 3.63) is 0 Å². The quantitative estimate of drug-likeness (QED) is 0.801. The molecule has 2 atom stereocenters. The van der Waals surface area contributed by atoms with Crippen LogP contribution in [0.3, 0.4) is 0 Å². The molecule has 122 valence electrons. The van der Waals surface area contributed by atoms with Crippen molar-refractivity contribution in [1.82, 2.24) is 4.90 Å². The van der Waals surface area contributed by atoms with E-state index in [-0.39, 0.29) is 17.1 Å². The van der Waals surface area contributed by atoms with Crippen LogP contribution in [0.2, 0.25) is 0 Å². The minimum Gasteiger partial charge on any atom is -0.341 e. The van der Waals surface area contributed by atoms with Crippen LogP contribution < -0.4 is 0 Å². The number of hydrogen-bond donors (Lipinski definition) is 0. The van der Waals surface area contributed by atoms with Crippen molar-refractivity contribution in [2.24, 2.45) is 11.8 Å². The van der Waals surface area contributed by atoms with E-state index in [4.69, 9.17) is 0 Å². The zero-order valence-electron chi connectivity index (χ0n) is 13.4. The van der Waals surface area contributed by atoms with Crippen LogP contribution in [-0.4, -0.2) is 43.8 Å². The van der Waals surface area contributed by atoms with Crippen molar-refractivity contribution in [3.63, 3.8) is 0 Å². The average Bonchev–Trinajstić information content (AvgIpc) is 2.46. The van der Waals surface area contributed by atoms with Crippen LogP contribution in [0.1, 0.15) is 58.3 Å². The Morgan fingerprint density at radius 2 is 1.81 bits per heavy atom. The second-order valence-electron chi connectivity index (χ2n) is 7.02. The Balaban J connectivity index is 1.89. The van der Waals surface area contributed by atoms with Crippen LogP contribution in [-0.2, 0) is 14.6 Å². The van der Waals surface area contributed by atoms with Gasteiger partial charge in [0, 0.05) is 25.3 Å². The smallest absolute Gasteiger partial charge is 0.225 e. The molecule has 2 fully saturated rings. The first-order valence-electron chi connectivity index (χ1n) is 8.35. The van der Waals surface area contributed by atoms with Crippen molar-refractivity contribution in [3.8, 4) is 0 Å². The molecule has 4 nitrogen and oxygen atoms in total. The summed E-state index contributed by atoms with van der Waals surface area (Å²) in [6.07, 6.45) is 10.2. The average molecular weight is 315 g/mol. The lowest BCUT2D eigenvalue weighted by Crippen LogP contribution is -2.47. The van der Waals surface area contributed by atoms with Crippen LogP contribution in [0.4, 0.5) is 0 Å².